The maximum absolute atomic E-state index is 11.5. The number of esters is 1. The second kappa shape index (κ2) is 6.85. The minimum atomic E-state index is -0.387. The number of para-hydroxylation sites is 1. The Morgan fingerprint density at radius 2 is 2.00 bits per heavy atom. The van der Waals surface area contributed by atoms with Crippen LogP contribution in [0.2, 0.25) is 0 Å². The van der Waals surface area contributed by atoms with Crippen LogP contribution in [0.1, 0.15) is 29.6 Å². The smallest absolute Gasteiger partial charge is 0.340 e. The Balaban J connectivity index is 2.33. The standard InChI is InChI=1S/C12H17NO3/c13-11-7-3-2-6-10(11)12(15)16-9-5-1-4-8-14/h2-3,6-7,14H,1,4-5,8-9,13H2. The van der Waals surface area contributed by atoms with Gasteiger partial charge in [0.25, 0.3) is 0 Å². The van der Waals surface area contributed by atoms with Gasteiger partial charge in [-0.15, -0.1) is 0 Å². The summed E-state index contributed by atoms with van der Waals surface area (Å²) in [7, 11) is 0. The van der Waals surface area contributed by atoms with Crippen molar-refractivity contribution in [1.29, 1.82) is 0 Å². The lowest BCUT2D eigenvalue weighted by Crippen LogP contribution is -2.09. The SMILES string of the molecule is Nc1ccccc1C(=O)OCCCCCO. The molecule has 1 rings (SSSR count). The molecule has 0 atom stereocenters. The predicted octanol–water partition coefficient (Wildman–Crippen LogP) is 1.59. The van der Waals surface area contributed by atoms with Gasteiger partial charge in [0.05, 0.1) is 12.2 Å². The van der Waals surface area contributed by atoms with Gasteiger partial charge in [-0.05, 0) is 31.4 Å². The molecule has 0 aliphatic carbocycles. The molecule has 0 saturated heterocycles. The zero-order valence-corrected chi connectivity index (χ0v) is 9.19. The summed E-state index contributed by atoms with van der Waals surface area (Å²) < 4.78 is 5.05. The number of carbonyl (C=O) groups is 1. The van der Waals surface area contributed by atoms with E-state index in [-0.39, 0.29) is 12.6 Å². The normalized spacial score (nSPS) is 10.1. The van der Waals surface area contributed by atoms with E-state index >= 15 is 0 Å². The second-order valence-corrected chi connectivity index (χ2v) is 3.51. The van der Waals surface area contributed by atoms with Gasteiger partial charge >= 0.3 is 5.97 Å². The quantitative estimate of drug-likeness (QED) is 0.436. The molecule has 4 heteroatoms. The molecule has 0 spiro atoms. The number of carbonyl (C=O) groups excluding carboxylic acids is 1. The number of rotatable bonds is 6. The number of aliphatic hydroxyl groups excluding tert-OH is 1. The van der Waals surface area contributed by atoms with E-state index in [1.54, 1.807) is 24.3 Å². The van der Waals surface area contributed by atoms with Gasteiger partial charge in [-0.3, -0.25) is 0 Å². The lowest BCUT2D eigenvalue weighted by molar-refractivity contribution is 0.0498. The zero-order chi connectivity index (χ0) is 11.8. The number of anilines is 1. The van der Waals surface area contributed by atoms with E-state index in [4.69, 9.17) is 15.6 Å². The third-order valence-electron chi connectivity index (χ3n) is 2.22. The van der Waals surface area contributed by atoms with E-state index in [0.29, 0.717) is 17.9 Å². The van der Waals surface area contributed by atoms with E-state index in [1.165, 1.54) is 0 Å². The Bertz CT molecular complexity index is 339. The number of hydrogen-bond acceptors (Lipinski definition) is 4. The average molecular weight is 223 g/mol. The number of nitrogen functional groups attached to an aromatic ring is 1. The summed E-state index contributed by atoms with van der Waals surface area (Å²) in [4.78, 5) is 11.5. The van der Waals surface area contributed by atoms with Crippen molar-refractivity contribution in [3.63, 3.8) is 0 Å². The van der Waals surface area contributed by atoms with Gasteiger partial charge in [0, 0.05) is 12.3 Å². The number of nitrogens with two attached hydrogens (primary N) is 1. The summed E-state index contributed by atoms with van der Waals surface area (Å²) in [5.74, 6) is -0.387. The fraction of sp³-hybridized carbons (Fsp3) is 0.417. The number of ether oxygens (including phenoxy) is 1. The van der Waals surface area contributed by atoms with Crippen LogP contribution in [-0.4, -0.2) is 24.3 Å². The van der Waals surface area contributed by atoms with Gasteiger partial charge in [-0.2, -0.15) is 0 Å². The van der Waals surface area contributed by atoms with Crippen LogP contribution in [0, 0.1) is 0 Å². The number of hydrogen-bond donors (Lipinski definition) is 2. The van der Waals surface area contributed by atoms with Gasteiger partial charge in [0.15, 0.2) is 0 Å². The number of unbranched alkanes of at least 4 members (excludes halogenated alkanes) is 2. The highest BCUT2D eigenvalue weighted by atomic mass is 16.5. The molecule has 0 saturated carbocycles. The molecule has 0 unspecified atom stereocenters. The van der Waals surface area contributed by atoms with Gasteiger partial charge in [-0.25, -0.2) is 4.79 Å². The molecule has 0 aromatic heterocycles. The molecule has 0 aliphatic heterocycles. The Hall–Kier alpha value is -1.55. The van der Waals surface area contributed by atoms with Crippen molar-refractivity contribution in [2.45, 2.75) is 19.3 Å². The van der Waals surface area contributed by atoms with Crippen LogP contribution < -0.4 is 5.73 Å². The topological polar surface area (TPSA) is 72.6 Å². The highest BCUT2D eigenvalue weighted by molar-refractivity contribution is 5.94. The minimum absolute atomic E-state index is 0.180. The summed E-state index contributed by atoms with van der Waals surface area (Å²) in [6.07, 6.45) is 2.36. The molecule has 4 nitrogen and oxygen atoms in total. The van der Waals surface area contributed by atoms with Crippen molar-refractivity contribution in [1.82, 2.24) is 0 Å². The van der Waals surface area contributed by atoms with Crippen LogP contribution in [0.5, 0.6) is 0 Å². The third-order valence-corrected chi connectivity index (χ3v) is 2.22. The van der Waals surface area contributed by atoms with E-state index in [1.807, 2.05) is 0 Å². The number of benzene rings is 1. The minimum Gasteiger partial charge on any atom is -0.462 e. The fourth-order valence-corrected chi connectivity index (χ4v) is 1.32. The summed E-state index contributed by atoms with van der Waals surface area (Å²) in [6, 6.07) is 6.83. The average Bonchev–Trinajstić information content (AvgIpc) is 2.29. The van der Waals surface area contributed by atoms with Crippen LogP contribution in [0.25, 0.3) is 0 Å². The maximum atomic E-state index is 11.5. The first-order valence-electron chi connectivity index (χ1n) is 5.38. The molecule has 16 heavy (non-hydrogen) atoms. The molecule has 3 N–H and O–H groups in total. The van der Waals surface area contributed by atoms with E-state index < -0.39 is 0 Å². The van der Waals surface area contributed by atoms with Crippen LogP contribution in [0.15, 0.2) is 24.3 Å². The summed E-state index contributed by atoms with van der Waals surface area (Å²) in [5, 5.41) is 8.56. The van der Waals surface area contributed by atoms with Crippen molar-refractivity contribution in [3.8, 4) is 0 Å². The first-order chi connectivity index (χ1) is 7.75. The molecule has 0 bridgehead atoms. The van der Waals surface area contributed by atoms with Crippen molar-refractivity contribution in [2.75, 3.05) is 18.9 Å². The molecule has 1 aromatic carbocycles. The zero-order valence-electron chi connectivity index (χ0n) is 9.19. The van der Waals surface area contributed by atoms with E-state index in [9.17, 15) is 4.79 Å². The fourth-order valence-electron chi connectivity index (χ4n) is 1.32. The van der Waals surface area contributed by atoms with Gasteiger partial charge in [0.1, 0.15) is 0 Å². The van der Waals surface area contributed by atoms with Crippen LogP contribution in [0.3, 0.4) is 0 Å². The van der Waals surface area contributed by atoms with E-state index in [0.717, 1.165) is 19.3 Å². The van der Waals surface area contributed by atoms with Crippen LogP contribution in [0.4, 0.5) is 5.69 Å². The van der Waals surface area contributed by atoms with Gasteiger partial charge in [0.2, 0.25) is 0 Å². The lowest BCUT2D eigenvalue weighted by Gasteiger charge is -2.06. The maximum Gasteiger partial charge on any atom is 0.340 e. The van der Waals surface area contributed by atoms with E-state index in [2.05, 4.69) is 0 Å². The highest BCUT2D eigenvalue weighted by Crippen LogP contribution is 2.12. The molecule has 0 amide bonds. The Morgan fingerprint density at radius 1 is 1.25 bits per heavy atom. The highest BCUT2D eigenvalue weighted by Gasteiger charge is 2.09. The number of aliphatic hydroxyl groups is 1. The molecule has 0 fully saturated rings. The first kappa shape index (κ1) is 12.5. The van der Waals surface area contributed by atoms with Crippen molar-refractivity contribution < 1.29 is 14.6 Å². The summed E-state index contributed by atoms with van der Waals surface area (Å²) >= 11 is 0. The monoisotopic (exact) mass is 223 g/mol. The second-order valence-electron chi connectivity index (χ2n) is 3.51. The van der Waals surface area contributed by atoms with Gasteiger partial charge in [-0.1, -0.05) is 12.1 Å². The van der Waals surface area contributed by atoms with Crippen molar-refractivity contribution in [3.05, 3.63) is 29.8 Å². The largest absolute Gasteiger partial charge is 0.462 e. The lowest BCUT2D eigenvalue weighted by atomic mass is 10.2. The Morgan fingerprint density at radius 3 is 2.69 bits per heavy atom. The molecular weight excluding hydrogens is 206 g/mol. The molecule has 0 radical (unpaired) electrons. The third kappa shape index (κ3) is 3.90. The summed E-state index contributed by atoms with van der Waals surface area (Å²) in [5.41, 5.74) is 6.48. The Labute approximate surface area is 95.0 Å². The molecule has 88 valence electrons. The Kier molecular flexibility index (Phi) is 5.36. The molecule has 0 aliphatic rings. The van der Waals surface area contributed by atoms with Crippen molar-refractivity contribution >= 4 is 11.7 Å². The molecule has 1 aromatic rings. The van der Waals surface area contributed by atoms with Gasteiger partial charge < -0.3 is 15.6 Å². The summed E-state index contributed by atoms with van der Waals surface area (Å²) in [6.45, 7) is 0.548. The molecule has 0 heterocycles. The van der Waals surface area contributed by atoms with Crippen LogP contribution >= 0.6 is 0 Å². The van der Waals surface area contributed by atoms with Crippen LogP contribution in [-0.2, 0) is 4.74 Å². The first-order valence-corrected chi connectivity index (χ1v) is 5.38. The van der Waals surface area contributed by atoms with Crippen molar-refractivity contribution in [2.24, 2.45) is 0 Å². The molecular formula is C12H17NO3. The predicted molar refractivity (Wildman–Crippen MR) is 62.1 cm³/mol.